The van der Waals surface area contributed by atoms with Crippen LogP contribution in [0.2, 0.25) is 5.02 Å². The zero-order valence-electron chi connectivity index (χ0n) is 10.5. The minimum atomic E-state index is -1.18. The van der Waals surface area contributed by atoms with E-state index in [0.717, 1.165) is 0 Å². The van der Waals surface area contributed by atoms with Crippen LogP contribution in [0.15, 0.2) is 36.5 Å². The third kappa shape index (κ3) is 3.46. The number of aromatic carboxylic acids is 1. The van der Waals surface area contributed by atoms with Crippen molar-refractivity contribution in [3.63, 3.8) is 0 Å². The first-order chi connectivity index (χ1) is 9.99. The zero-order valence-corrected chi connectivity index (χ0v) is 11.3. The van der Waals surface area contributed by atoms with Crippen molar-refractivity contribution in [1.29, 1.82) is 0 Å². The lowest BCUT2D eigenvalue weighted by Gasteiger charge is -2.09. The summed E-state index contributed by atoms with van der Waals surface area (Å²) in [6.07, 6.45) is 1.35. The lowest BCUT2D eigenvalue weighted by atomic mass is 10.2. The maximum Gasteiger partial charge on any atom is 0.354 e. The van der Waals surface area contributed by atoms with E-state index < -0.39 is 10.9 Å². The Morgan fingerprint density at radius 2 is 2.19 bits per heavy atom. The summed E-state index contributed by atoms with van der Waals surface area (Å²) in [5, 5.41) is 19.9. The van der Waals surface area contributed by atoms with Crippen LogP contribution < -0.4 is 4.74 Å². The second kappa shape index (κ2) is 6.19. The van der Waals surface area contributed by atoms with Gasteiger partial charge in [-0.25, -0.2) is 9.78 Å². The monoisotopic (exact) mass is 308 g/mol. The van der Waals surface area contributed by atoms with E-state index in [4.69, 9.17) is 21.4 Å². The number of ether oxygens (including phenoxy) is 1. The van der Waals surface area contributed by atoms with E-state index in [1.165, 1.54) is 24.4 Å². The lowest BCUT2D eigenvalue weighted by Crippen LogP contribution is -2.08. The van der Waals surface area contributed by atoms with Crippen LogP contribution in [-0.2, 0) is 6.61 Å². The number of halogens is 1. The molecule has 1 aromatic heterocycles. The summed E-state index contributed by atoms with van der Waals surface area (Å²) in [4.78, 5) is 24.9. The summed E-state index contributed by atoms with van der Waals surface area (Å²) < 4.78 is 5.36. The number of nitro benzene ring substituents is 1. The van der Waals surface area contributed by atoms with E-state index in [1.54, 1.807) is 12.1 Å². The lowest BCUT2D eigenvalue weighted by molar-refractivity contribution is -0.384. The van der Waals surface area contributed by atoms with Crippen molar-refractivity contribution in [2.24, 2.45) is 0 Å². The van der Waals surface area contributed by atoms with E-state index in [1.807, 2.05) is 0 Å². The van der Waals surface area contributed by atoms with Crippen LogP contribution >= 0.6 is 11.6 Å². The summed E-state index contributed by atoms with van der Waals surface area (Å²) in [7, 11) is 0. The quantitative estimate of drug-likeness (QED) is 0.673. The number of hydrogen-bond acceptors (Lipinski definition) is 5. The van der Waals surface area contributed by atoms with Gasteiger partial charge in [-0.1, -0.05) is 17.7 Å². The maximum atomic E-state index is 11.0. The van der Waals surface area contributed by atoms with Gasteiger partial charge < -0.3 is 9.84 Å². The van der Waals surface area contributed by atoms with Gasteiger partial charge in [0, 0.05) is 17.8 Å². The molecule has 0 spiro atoms. The fraction of sp³-hybridized carbons (Fsp3) is 0.0769. The van der Waals surface area contributed by atoms with Crippen molar-refractivity contribution in [3.8, 4) is 5.75 Å². The largest absolute Gasteiger partial charge is 0.487 e. The molecule has 0 radical (unpaired) electrons. The zero-order chi connectivity index (χ0) is 15.4. The molecule has 0 fully saturated rings. The Hall–Kier alpha value is -2.67. The van der Waals surface area contributed by atoms with Gasteiger partial charge in [-0.2, -0.15) is 0 Å². The number of aromatic nitrogens is 1. The molecule has 0 aliphatic rings. The van der Waals surface area contributed by atoms with Gasteiger partial charge in [-0.3, -0.25) is 10.1 Å². The molecule has 1 heterocycles. The Labute approximate surface area is 123 Å². The molecule has 0 aliphatic carbocycles. The number of pyridine rings is 1. The Bertz CT molecular complexity index is 705. The molecule has 0 unspecified atom stereocenters. The van der Waals surface area contributed by atoms with Gasteiger partial charge in [-0.05, 0) is 12.1 Å². The second-order valence-electron chi connectivity index (χ2n) is 3.98. The number of nitrogens with zero attached hydrogens (tertiary/aromatic N) is 2. The molecule has 0 saturated heterocycles. The number of nitro groups is 1. The molecule has 8 heteroatoms. The molecule has 0 atom stereocenters. The first kappa shape index (κ1) is 14.7. The second-order valence-corrected chi connectivity index (χ2v) is 4.38. The number of benzene rings is 1. The molecule has 0 amide bonds. The molecule has 2 aromatic rings. The summed E-state index contributed by atoms with van der Waals surface area (Å²) in [5.74, 6) is -1.08. The van der Waals surface area contributed by atoms with Gasteiger partial charge in [0.25, 0.3) is 5.69 Å². The Morgan fingerprint density at radius 1 is 1.43 bits per heavy atom. The Balaban J connectivity index is 2.22. The van der Waals surface area contributed by atoms with Gasteiger partial charge in [0.1, 0.15) is 12.4 Å². The first-order valence-electron chi connectivity index (χ1n) is 5.73. The van der Waals surface area contributed by atoms with Crippen LogP contribution in [0.3, 0.4) is 0 Å². The van der Waals surface area contributed by atoms with E-state index in [9.17, 15) is 14.9 Å². The predicted molar refractivity (Wildman–Crippen MR) is 73.6 cm³/mol. The molecule has 1 aromatic carbocycles. The van der Waals surface area contributed by atoms with E-state index in [2.05, 4.69) is 4.98 Å². The van der Waals surface area contributed by atoms with Gasteiger partial charge in [-0.15, -0.1) is 0 Å². The highest BCUT2D eigenvalue weighted by Crippen LogP contribution is 2.29. The van der Waals surface area contributed by atoms with Crippen molar-refractivity contribution in [2.75, 3.05) is 0 Å². The third-order valence-electron chi connectivity index (χ3n) is 2.60. The highest BCUT2D eigenvalue weighted by molar-refractivity contribution is 6.32. The van der Waals surface area contributed by atoms with Crippen LogP contribution in [-0.4, -0.2) is 21.0 Å². The molecule has 108 valence electrons. The molecule has 21 heavy (non-hydrogen) atoms. The van der Waals surface area contributed by atoms with Gasteiger partial charge in [0.15, 0.2) is 5.69 Å². The van der Waals surface area contributed by atoms with Gasteiger partial charge in [0.2, 0.25) is 0 Å². The molecule has 2 rings (SSSR count). The summed E-state index contributed by atoms with van der Waals surface area (Å²) in [6, 6.07) is 6.89. The van der Waals surface area contributed by atoms with E-state index in [-0.39, 0.29) is 28.8 Å². The number of carbonyl (C=O) groups is 1. The number of rotatable bonds is 5. The van der Waals surface area contributed by atoms with Crippen LogP contribution in [0.1, 0.15) is 16.1 Å². The summed E-state index contributed by atoms with van der Waals surface area (Å²) >= 11 is 5.89. The topological polar surface area (TPSA) is 103 Å². The molecule has 0 saturated carbocycles. The van der Waals surface area contributed by atoms with Crippen molar-refractivity contribution < 1.29 is 19.6 Å². The molecule has 1 N–H and O–H groups in total. The third-order valence-corrected chi connectivity index (χ3v) is 2.91. The minimum Gasteiger partial charge on any atom is -0.487 e. The highest BCUT2D eigenvalue weighted by Gasteiger charge is 2.14. The van der Waals surface area contributed by atoms with Crippen molar-refractivity contribution in [2.45, 2.75) is 6.61 Å². The van der Waals surface area contributed by atoms with Crippen LogP contribution in [0, 0.1) is 10.1 Å². The average molecular weight is 309 g/mol. The van der Waals surface area contributed by atoms with Crippen LogP contribution in [0.5, 0.6) is 5.75 Å². The average Bonchev–Trinajstić information content (AvgIpc) is 2.46. The van der Waals surface area contributed by atoms with E-state index >= 15 is 0 Å². The molecular weight excluding hydrogens is 300 g/mol. The number of non-ortho nitro benzene ring substituents is 1. The SMILES string of the molecule is O=C(O)c1ncccc1COc1cc([N+](=O)[O-])ccc1Cl. The summed E-state index contributed by atoms with van der Waals surface area (Å²) in [6.45, 7) is -0.115. The molecular formula is C13H9ClN2O5. The molecule has 7 nitrogen and oxygen atoms in total. The van der Waals surface area contributed by atoms with Crippen molar-refractivity contribution in [1.82, 2.24) is 4.98 Å². The minimum absolute atomic E-state index is 0.103. The van der Waals surface area contributed by atoms with Crippen LogP contribution in [0.25, 0.3) is 0 Å². The fourth-order valence-electron chi connectivity index (χ4n) is 1.62. The fourth-order valence-corrected chi connectivity index (χ4v) is 1.79. The Morgan fingerprint density at radius 3 is 2.86 bits per heavy atom. The van der Waals surface area contributed by atoms with Gasteiger partial charge in [0.05, 0.1) is 16.0 Å². The normalized spacial score (nSPS) is 10.1. The number of carboxylic acids is 1. The van der Waals surface area contributed by atoms with Crippen LogP contribution in [0.4, 0.5) is 5.69 Å². The van der Waals surface area contributed by atoms with Crippen molar-refractivity contribution >= 4 is 23.3 Å². The molecule has 0 aliphatic heterocycles. The maximum absolute atomic E-state index is 11.0. The van der Waals surface area contributed by atoms with Crippen molar-refractivity contribution in [3.05, 3.63) is 62.9 Å². The predicted octanol–water partition coefficient (Wildman–Crippen LogP) is 2.92. The Kier molecular flexibility index (Phi) is 4.34. The van der Waals surface area contributed by atoms with Gasteiger partial charge >= 0.3 is 5.97 Å². The molecule has 0 bridgehead atoms. The highest BCUT2D eigenvalue weighted by atomic mass is 35.5. The first-order valence-corrected chi connectivity index (χ1v) is 6.10. The summed E-state index contributed by atoms with van der Waals surface area (Å²) in [5.41, 5.74) is 0.0330. The standard InChI is InChI=1S/C13H9ClN2O5/c14-10-4-3-9(16(19)20)6-11(10)21-7-8-2-1-5-15-12(8)13(17)18/h1-6H,7H2,(H,17,18). The number of hydrogen-bond donors (Lipinski definition) is 1. The van der Waals surface area contributed by atoms with E-state index in [0.29, 0.717) is 5.56 Å². The smallest absolute Gasteiger partial charge is 0.354 e. The number of carboxylic acid groups (broad SMARTS) is 1.